The number of nitrogens with one attached hydrogen (secondary N) is 1. The van der Waals surface area contributed by atoms with Crippen LogP contribution in [0.2, 0.25) is 0 Å². The SMILES string of the molecule is COc1cc(NC2CCCC(C(=O)O)C2)ccn1. The van der Waals surface area contributed by atoms with Crippen molar-refractivity contribution in [3.05, 3.63) is 18.3 Å². The number of rotatable bonds is 4. The molecule has 2 unspecified atom stereocenters. The first-order chi connectivity index (χ1) is 8.69. The Bertz CT molecular complexity index is 422. The van der Waals surface area contributed by atoms with Crippen LogP contribution < -0.4 is 10.1 Å². The average Bonchev–Trinajstić information content (AvgIpc) is 2.39. The van der Waals surface area contributed by atoms with E-state index < -0.39 is 5.97 Å². The summed E-state index contributed by atoms with van der Waals surface area (Å²) in [5, 5.41) is 12.4. The van der Waals surface area contributed by atoms with E-state index in [4.69, 9.17) is 9.84 Å². The first kappa shape index (κ1) is 12.7. The number of carbonyl (C=O) groups is 1. The van der Waals surface area contributed by atoms with Crippen LogP contribution in [-0.4, -0.2) is 29.2 Å². The van der Waals surface area contributed by atoms with Crippen LogP contribution in [-0.2, 0) is 4.79 Å². The summed E-state index contributed by atoms with van der Waals surface area (Å²) in [6.07, 6.45) is 5.11. The fourth-order valence-corrected chi connectivity index (χ4v) is 2.39. The zero-order valence-corrected chi connectivity index (χ0v) is 10.4. The molecule has 0 aromatic carbocycles. The molecule has 0 bridgehead atoms. The largest absolute Gasteiger partial charge is 0.481 e. The highest BCUT2D eigenvalue weighted by atomic mass is 16.5. The maximum atomic E-state index is 11.0. The highest BCUT2D eigenvalue weighted by Gasteiger charge is 2.26. The third kappa shape index (κ3) is 3.12. The van der Waals surface area contributed by atoms with Crippen molar-refractivity contribution in [2.75, 3.05) is 12.4 Å². The number of carboxylic acid groups (broad SMARTS) is 1. The summed E-state index contributed by atoms with van der Waals surface area (Å²) in [5.41, 5.74) is 0.929. The predicted molar refractivity (Wildman–Crippen MR) is 67.8 cm³/mol. The van der Waals surface area contributed by atoms with Crippen LogP contribution in [0.5, 0.6) is 5.88 Å². The number of aromatic nitrogens is 1. The summed E-state index contributed by atoms with van der Waals surface area (Å²) in [7, 11) is 1.58. The van der Waals surface area contributed by atoms with Gasteiger partial charge in [-0.3, -0.25) is 4.79 Å². The summed E-state index contributed by atoms with van der Waals surface area (Å²) >= 11 is 0. The van der Waals surface area contributed by atoms with Crippen molar-refractivity contribution in [2.45, 2.75) is 31.7 Å². The molecule has 1 aromatic rings. The topological polar surface area (TPSA) is 71.5 Å². The molecule has 0 aliphatic heterocycles. The zero-order valence-electron chi connectivity index (χ0n) is 10.4. The van der Waals surface area contributed by atoms with E-state index in [1.54, 1.807) is 13.3 Å². The zero-order chi connectivity index (χ0) is 13.0. The van der Waals surface area contributed by atoms with Crippen molar-refractivity contribution < 1.29 is 14.6 Å². The average molecular weight is 250 g/mol. The van der Waals surface area contributed by atoms with Crippen molar-refractivity contribution in [1.82, 2.24) is 4.98 Å². The molecule has 98 valence electrons. The third-order valence-corrected chi connectivity index (χ3v) is 3.34. The Balaban J connectivity index is 1.97. The van der Waals surface area contributed by atoms with Crippen LogP contribution in [0.4, 0.5) is 5.69 Å². The van der Waals surface area contributed by atoms with Gasteiger partial charge in [-0.15, -0.1) is 0 Å². The number of methoxy groups -OCH3 is 1. The molecule has 1 aliphatic rings. The Morgan fingerprint density at radius 3 is 3.11 bits per heavy atom. The Hall–Kier alpha value is -1.78. The number of ether oxygens (including phenoxy) is 1. The first-order valence-corrected chi connectivity index (χ1v) is 6.18. The van der Waals surface area contributed by atoms with E-state index in [1.807, 2.05) is 12.1 Å². The number of aliphatic carboxylic acids is 1. The Labute approximate surface area is 106 Å². The van der Waals surface area contributed by atoms with Gasteiger partial charge in [-0.1, -0.05) is 6.42 Å². The molecule has 1 aliphatic carbocycles. The molecule has 0 radical (unpaired) electrons. The fraction of sp³-hybridized carbons (Fsp3) is 0.538. The lowest BCUT2D eigenvalue weighted by Gasteiger charge is -2.28. The molecule has 1 saturated carbocycles. The number of anilines is 1. The number of hydrogen-bond donors (Lipinski definition) is 2. The van der Waals surface area contributed by atoms with Gasteiger partial charge in [0.05, 0.1) is 13.0 Å². The van der Waals surface area contributed by atoms with Gasteiger partial charge in [0.2, 0.25) is 5.88 Å². The van der Waals surface area contributed by atoms with E-state index >= 15 is 0 Å². The molecule has 1 aromatic heterocycles. The normalized spacial score (nSPS) is 23.4. The van der Waals surface area contributed by atoms with Crippen LogP contribution in [0, 0.1) is 5.92 Å². The van der Waals surface area contributed by atoms with Crippen molar-refractivity contribution in [3.63, 3.8) is 0 Å². The minimum absolute atomic E-state index is 0.215. The first-order valence-electron chi connectivity index (χ1n) is 6.18. The molecule has 2 N–H and O–H groups in total. The lowest BCUT2D eigenvalue weighted by molar-refractivity contribution is -0.142. The van der Waals surface area contributed by atoms with Gasteiger partial charge in [-0.2, -0.15) is 0 Å². The van der Waals surface area contributed by atoms with Crippen LogP contribution in [0.15, 0.2) is 18.3 Å². The van der Waals surface area contributed by atoms with Crippen LogP contribution >= 0.6 is 0 Å². The number of hydrogen-bond acceptors (Lipinski definition) is 4. The molecule has 0 saturated heterocycles. The minimum Gasteiger partial charge on any atom is -0.481 e. The second-order valence-corrected chi connectivity index (χ2v) is 4.63. The third-order valence-electron chi connectivity index (χ3n) is 3.34. The Kier molecular flexibility index (Phi) is 4.02. The molecule has 18 heavy (non-hydrogen) atoms. The molecule has 0 amide bonds. The fourth-order valence-electron chi connectivity index (χ4n) is 2.39. The molecule has 5 heteroatoms. The molecule has 1 heterocycles. The molecular weight excluding hydrogens is 232 g/mol. The van der Waals surface area contributed by atoms with Crippen LogP contribution in [0.3, 0.4) is 0 Å². The van der Waals surface area contributed by atoms with Gasteiger partial charge in [0.15, 0.2) is 0 Å². The molecule has 1 fully saturated rings. The van der Waals surface area contributed by atoms with E-state index in [0.717, 1.165) is 24.9 Å². The van der Waals surface area contributed by atoms with Gasteiger partial charge < -0.3 is 15.2 Å². The van der Waals surface area contributed by atoms with Gasteiger partial charge in [-0.25, -0.2) is 4.98 Å². The van der Waals surface area contributed by atoms with Gasteiger partial charge in [0, 0.05) is 24.0 Å². The van der Waals surface area contributed by atoms with E-state index in [0.29, 0.717) is 12.3 Å². The summed E-state index contributed by atoms with van der Waals surface area (Å²) < 4.78 is 5.06. The highest BCUT2D eigenvalue weighted by molar-refractivity contribution is 5.70. The molecule has 2 atom stereocenters. The molecule has 2 rings (SSSR count). The Morgan fingerprint density at radius 1 is 1.56 bits per heavy atom. The van der Waals surface area contributed by atoms with E-state index in [2.05, 4.69) is 10.3 Å². The van der Waals surface area contributed by atoms with Crippen molar-refractivity contribution in [2.24, 2.45) is 5.92 Å². The Morgan fingerprint density at radius 2 is 2.39 bits per heavy atom. The summed E-state index contributed by atoms with van der Waals surface area (Å²) in [4.78, 5) is 15.0. The standard InChI is InChI=1S/C13H18N2O3/c1-18-12-8-11(5-6-14-12)15-10-4-2-3-9(7-10)13(16)17/h5-6,8-10H,2-4,7H2,1H3,(H,14,15)(H,16,17). The van der Waals surface area contributed by atoms with Crippen molar-refractivity contribution in [3.8, 4) is 5.88 Å². The molecule has 0 spiro atoms. The maximum absolute atomic E-state index is 11.0. The lowest BCUT2D eigenvalue weighted by Crippen LogP contribution is -2.30. The number of carboxylic acids is 1. The van der Waals surface area contributed by atoms with Crippen LogP contribution in [0.1, 0.15) is 25.7 Å². The molecule has 5 nitrogen and oxygen atoms in total. The summed E-state index contributed by atoms with van der Waals surface area (Å²) in [6, 6.07) is 3.91. The monoisotopic (exact) mass is 250 g/mol. The number of nitrogens with zero attached hydrogens (tertiary/aromatic N) is 1. The van der Waals surface area contributed by atoms with Crippen molar-refractivity contribution in [1.29, 1.82) is 0 Å². The van der Waals surface area contributed by atoms with E-state index in [9.17, 15) is 4.79 Å². The summed E-state index contributed by atoms with van der Waals surface area (Å²) in [6.45, 7) is 0. The highest BCUT2D eigenvalue weighted by Crippen LogP contribution is 2.27. The van der Waals surface area contributed by atoms with Gasteiger partial charge >= 0.3 is 5.97 Å². The smallest absolute Gasteiger partial charge is 0.306 e. The second-order valence-electron chi connectivity index (χ2n) is 4.63. The predicted octanol–water partition coefficient (Wildman–Crippen LogP) is 2.15. The van der Waals surface area contributed by atoms with Gasteiger partial charge in [-0.05, 0) is 25.3 Å². The van der Waals surface area contributed by atoms with Gasteiger partial charge in [0.1, 0.15) is 0 Å². The van der Waals surface area contributed by atoms with E-state index in [-0.39, 0.29) is 12.0 Å². The van der Waals surface area contributed by atoms with Crippen LogP contribution in [0.25, 0.3) is 0 Å². The second kappa shape index (κ2) is 5.71. The van der Waals surface area contributed by atoms with E-state index in [1.165, 1.54) is 0 Å². The quantitative estimate of drug-likeness (QED) is 0.856. The lowest BCUT2D eigenvalue weighted by atomic mass is 9.86. The maximum Gasteiger partial charge on any atom is 0.306 e. The summed E-state index contributed by atoms with van der Waals surface area (Å²) in [5.74, 6) is -0.348. The minimum atomic E-state index is -0.686. The molecular formula is C13H18N2O3. The van der Waals surface area contributed by atoms with Crippen molar-refractivity contribution >= 4 is 11.7 Å². The number of pyridine rings is 1. The van der Waals surface area contributed by atoms with Gasteiger partial charge in [0.25, 0.3) is 0 Å².